The molecule has 6 heteroatoms. The van der Waals surface area contributed by atoms with Crippen molar-refractivity contribution in [3.8, 4) is 5.75 Å². The largest absolute Gasteiger partial charge is 0.488 e. The summed E-state index contributed by atoms with van der Waals surface area (Å²) in [5.74, 6) is 1.50. The van der Waals surface area contributed by atoms with Crippen LogP contribution >= 0.6 is 24.0 Å². The summed E-state index contributed by atoms with van der Waals surface area (Å²) in [6.07, 6.45) is 1.61. The number of halogens is 2. The highest BCUT2D eigenvalue weighted by Crippen LogP contribution is 2.27. The molecule has 2 aromatic rings. The van der Waals surface area contributed by atoms with Gasteiger partial charge in [-0.15, -0.1) is 24.0 Å². The van der Waals surface area contributed by atoms with E-state index in [4.69, 9.17) is 4.74 Å². The number of guanidine groups is 1. The molecular formula is C19H23FIN3O. The minimum Gasteiger partial charge on any atom is -0.488 e. The average Bonchev–Trinajstić information content (AvgIpc) is 3.02. The second kappa shape index (κ2) is 9.60. The molecule has 1 unspecified atom stereocenters. The van der Waals surface area contributed by atoms with E-state index in [1.165, 1.54) is 11.6 Å². The maximum absolute atomic E-state index is 13.6. The molecule has 0 saturated heterocycles. The normalized spacial score (nSPS) is 15.8. The highest BCUT2D eigenvalue weighted by Gasteiger charge is 2.22. The molecule has 0 saturated carbocycles. The Labute approximate surface area is 164 Å². The summed E-state index contributed by atoms with van der Waals surface area (Å²) in [6.45, 7) is 1.29. The first-order chi connectivity index (χ1) is 11.8. The minimum absolute atomic E-state index is 0. The van der Waals surface area contributed by atoms with Gasteiger partial charge < -0.3 is 15.4 Å². The Morgan fingerprint density at radius 3 is 2.68 bits per heavy atom. The molecule has 1 atom stereocenters. The smallest absolute Gasteiger partial charge is 0.191 e. The van der Waals surface area contributed by atoms with Crippen LogP contribution in [0.2, 0.25) is 0 Å². The molecule has 4 nitrogen and oxygen atoms in total. The minimum atomic E-state index is -0.167. The van der Waals surface area contributed by atoms with Gasteiger partial charge >= 0.3 is 0 Å². The second-order valence-electron chi connectivity index (χ2n) is 5.77. The number of rotatable bonds is 5. The fourth-order valence-electron chi connectivity index (χ4n) is 2.82. The van der Waals surface area contributed by atoms with Crippen LogP contribution in [0.25, 0.3) is 0 Å². The number of benzene rings is 2. The summed E-state index contributed by atoms with van der Waals surface area (Å²) in [5.41, 5.74) is 1.95. The van der Waals surface area contributed by atoms with Gasteiger partial charge in [0.1, 0.15) is 17.7 Å². The van der Waals surface area contributed by atoms with E-state index in [9.17, 15) is 4.39 Å². The number of hydrogen-bond donors (Lipinski definition) is 2. The van der Waals surface area contributed by atoms with Crippen LogP contribution < -0.4 is 15.4 Å². The summed E-state index contributed by atoms with van der Waals surface area (Å²) in [7, 11) is 1.72. The second-order valence-corrected chi connectivity index (χ2v) is 5.77. The molecule has 134 valence electrons. The van der Waals surface area contributed by atoms with Crippen LogP contribution in [-0.2, 0) is 12.8 Å². The van der Waals surface area contributed by atoms with Gasteiger partial charge in [-0.3, -0.25) is 4.99 Å². The van der Waals surface area contributed by atoms with Crippen molar-refractivity contribution in [2.45, 2.75) is 18.9 Å². The van der Waals surface area contributed by atoms with Gasteiger partial charge in [0.25, 0.3) is 0 Å². The van der Waals surface area contributed by atoms with Gasteiger partial charge in [0.2, 0.25) is 0 Å². The molecule has 0 spiro atoms. The first-order valence-electron chi connectivity index (χ1n) is 8.19. The Balaban J connectivity index is 0.00000225. The third-order valence-electron chi connectivity index (χ3n) is 4.08. The van der Waals surface area contributed by atoms with Gasteiger partial charge in [0.05, 0.1) is 6.54 Å². The lowest BCUT2D eigenvalue weighted by molar-refractivity contribution is 0.235. The standard InChI is InChI=1S/C19H22FN3O.HI/c1-21-19(22-11-10-14-6-2-4-8-17(14)20)23-13-16-12-15-7-3-5-9-18(15)24-16;/h2-9,16H,10-13H2,1H3,(H2,21,22,23);1H. The van der Waals surface area contributed by atoms with Crippen LogP contribution in [0.4, 0.5) is 4.39 Å². The van der Waals surface area contributed by atoms with Crippen LogP contribution in [-0.4, -0.2) is 32.2 Å². The Morgan fingerprint density at radius 2 is 1.92 bits per heavy atom. The number of para-hydroxylation sites is 1. The molecular weight excluding hydrogens is 432 g/mol. The number of aliphatic imine (C=N–C) groups is 1. The Bertz CT molecular complexity index is 698. The molecule has 1 aliphatic heterocycles. The van der Waals surface area contributed by atoms with Crippen molar-refractivity contribution in [2.75, 3.05) is 20.1 Å². The van der Waals surface area contributed by atoms with Crippen LogP contribution in [0.1, 0.15) is 11.1 Å². The molecule has 2 N–H and O–H groups in total. The topological polar surface area (TPSA) is 45.7 Å². The molecule has 0 bridgehead atoms. The van der Waals surface area contributed by atoms with E-state index in [1.54, 1.807) is 19.2 Å². The summed E-state index contributed by atoms with van der Waals surface area (Å²) in [5, 5.41) is 6.47. The van der Waals surface area contributed by atoms with Crippen LogP contribution in [0.15, 0.2) is 53.5 Å². The van der Waals surface area contributed by atoms with Gasteiger partial charge in [-0.25, -0.2) is 4.39 Å². The van der Waals surface area contributed by atoms with Crippen LogP contribution in [0.3, 0.4) is 0 Å². The van der Waals surface area contributed by atoms with Crippen molar-refractivity contribution in [1.29, 1.82) is 0 Å². The Morgan fingerprint density at radius 1 is 1.16 bits per heavy atom. The molecule has 1 heterocycles. The predicted molar refractivity (Wildman–Crippen MR) is 109 cm³/mol. The summed E-state index contributed by atoms with van der Waals surface area (Å²) in [4.78, 5) is 4.20. The zero-order valence-electron chi connectivity index (χ0n) is 14.2. The van der Waals surface area contributed by atoms with Crippen molar-refractivity contribution >= 4 is 29.9 Å². The third-order valence-corrected chi connectivity index (χ3v) is 4.08. The van der Waals surface area contributed by atoms with Crippen molar-refractivity contribution in [1.82, 2.24) is 10.6 Å². The third kappa shape index (κ3) is 5.32. The van der Waals surface area contributed by atoms with E-state index < -0.39 is 0 Å². The molecule has 0 fully saturated rings. The number of ether oxygens (including phenoxy) is 1. The first kappa shape index (κ1) is 19.5. The molecule has 0 radical (unpaired) electrons. The Kier molecular flexibility index (Phi) is 7.49. The lowest BCUT2D eigenvalue weighted by Crippen LogP contribution is -2.42. The number of nitrogens with zero attached hydrogens (tertiary/aromatic N) is 1. The maximum atomic E-state index is 13.6. The zero-order chi connectivity index (χ0) is 16.8. The van der Waals surface area contributed by atoms with E-state index in [1.807, 2.05) is 24.3 Å². The van der Waals surface area contributed by atoms with E-state index in [0.29, 0.717) is 31.0 Å². The fraction of sp³-hybridized carbons (Fsp3) is 0.316. The van der Waals surface area contributed by atoms with E-state index >= 15 is 0 Å². The molecule has 2 aromatic carbocycles. The van der Waals surface area contributed by atoms with E-state index in [0.717, 1.165) is 12.2 Å². The SMILES string of the molecule is CN=C(NCCc1ccccc1F)NCC1Cc2ccccc2O1.I. The van der Waals surface area contributed by atoms with Crippen LogP contribution in [0, 0.1) is 5.82 Å². The molecule has 0 aliphatic carbocycles. The monoisotopic (exact) mass is 455 g/mol. The molecule has 1 aliphatic rings. The maximum Gasteiger partial charge on any atom is 0.191 e. The van der Waals surface area contributed by atoms with Gasteiger partial charge in [-0.1, -0.05) is 36.4 Å². The molecule has 25 heavy (non-hydrogen) atoms. The summed E-state index contributed by atoms with van der Waals surface area (Å²) < 4.78 is 19.5. The predicted octanol–water partition coefficient (Wildman–Crippen LogP) is 3.15. The van der Waals surface area contributed by atoms with Gasteiger partial charge in [-0.05, 0) is 29.7 Å². The van der Waals surface area contributed by atoms with Crippen molar-refractivity contribution in [3.63, 3.8) is 0 Å². The first-order valence-corrected chi connectivity index (χ1v) is 8.19. The number of fused-ring (bicyclic) bond motifs is 1. The molecule has 0 amide bonds. The Hall–Kier alpha value is -1.83. The lowest BCUT2D eigenvalue weighted by atomic mass is 10.1. The van der Waals surface area contributed by atoms with E-state index in [-0.39, 0.29) is 35.9 Å². The fourth-order valence-corrected chi connectivity index (χ4v) is 2.82. The van der Waals surface area contributed by atoms with E-state index in [2.05, 4.69) is 21.7 Å². The number of hydrogen-bond acceptors (Lipinski definition) is 2. The summed E-state index contributed by atoms with van der Waals surface area (Å²) >= 11 is 0. The van der Waals surface area contributed by atoms with Crippen LogP contribution in [0.5, 0.6) is 5.75 Å². The van der Waals surface area contributed by atoms with Gasteiger partial charge in [0.15, 0.2) is 5.96 Å². The number of nitrogens with one attached hydrogen (secondary N) is 2. The lowest BCUT2D eigenvalue weighted by Gasteiger charge is -2.15. The van der Waals surface area contributed by atoms with Gasteiger partial charge in [-0.2, -0.15) is 0 Å². The quantitative estimate of drug-likeness (QED) is 0.414. The summed E-state index contributed by atoms with van der Waals surface area (Å²) in [6, 6.07) is 14.9. The zero-order valence-corrected chi connectivity index (χ0v) is 16.5. The highest BCUT2D eigenvalue weighted by atomic mass is 127. The van der Waals surface area contributed by atoms with Crippen molar-refractivity contribution in [3.05, 3.63) is 65.5 Å². The van der Waals surface area contributed by atoms with Crippen molar-refractivity contribution in [2.24, 2.45) is 4.99 Å². The van der Waals surface area contributed by atoms with Crippen molar-refractivity contribution < 1.29 is 9.13 Å². The molecule has 0 aromatic heterocycles. The highest BCUT2D eigenvalue weighted by molar-refractivity contribution is 14.0. The van der Waals surface area contributed by atoms with Gasteiger partial charge in [0, 0.05) is 20.0 Å². The molecule has 3 rings (SSSR count). The average molecular weight is 455 g/mol.